The molecule has 1 atom stereocenters. The molecule has 2 amide bonds. The molecule has 1 unspecified atom stereocenters. The van der Waals surface area contributed by atoms with Gasteiger partial charge in [0.1, 0.15) is 23.8 Å². The molecule has 142 valence electrons. The summed E-state index contributed by atoms with van der Waals surface area (Å²) in [5.41, 5.74) is 0.726. The van der Waals surface area contributed by atoms with Crippen LogP contribution in [0.5, 0.6) is 0 Å². The van der Waals surface area contributed by atoms with E-state index in [1.807, 2.05) is 6.92 Å². The Bertz CT molecular complexity index is 1030. The van der Waals surface area contributed by atoms with Gasteiger partial charge in [0.15, 0.2) is 0 Å². The van der Waals surface area contributed by atoms with E-state index in [2.05, 4.69) is 20.3 Å². The lowest BCUT2D eigenvalue weighted by Crippen LogP contribution is -2.28. The number of amides is 2. The minimum absolute atomic E-state index is 0.0973. The first kappa shape index (κ1) is 18.1. The number of anilines is 2. The molecule has 9 heteroatoms. The summed E-state index contributed by atoms with van der Waals surface area (Å²) < 4.78 is 1.79. The minimum Gasteiger partial charge on any atom is -0.312 e. The Morgan fingerprint density at radius 2 is 2.00 bits per heavy atom. The van der Waals surface area contributed by atoms with Crippen molar-refractivity contribution in [3.05, 3.63) is 59.9 Å². The second kappa shape index (κ2) is 7.40. The van der Waals surface area contributed by atoms with Crippen molar-refractivity contribution in [2.75, 3.05) is 16.8 Å². The third-order valence-corrected chi connectivity index (χ3v) is 4.86. The molecule has 1 aliphatic heterocycles. The van der Waals surface area contributed by atoms with E-state index in [4.69, 9.17) is 11.6 Å². The van der Waals surface area contributed by atoms with Gasteiger partial charge in [-0.15, -0.1) is 0 Å². The van der Waals surface area contributed by atoms with Crippen LogP contribution in [0.3, 0.4) is 0 Å². The molecule has 1 fully saturated rings. The van der Waals surface area contributed by atoms with Gasteiger partial charge in [0, 0.05) is 42.1 Å². The molecule has 1 aromatic carbocycles. The highest BCUT2D eigenvalue weighted by Gasteiger charge is 2.35. The number of imidazole rings is 1. The largest absolute Gasteiger partial charge is 0.312 e. The van der Waals surface area contributed by atoms with Crippen LogP contribution in [0, 0.1) is 12.8 Å². The number of aryl methyl sites for hydroxylation is 1. The van der Waals surface area contributed by atoms with Crippen LogP contribution in [0.15, 0.2) is 49.1 Å². The summed E-state index contributed by atoms with van der Waals surface area (Å²) in [7, 11) is 0. The minimum atomic E-state index is -0.462. The Labute approximate surface area is 166 Å². The fourth-order valence-corrected chi connectivity index (χ4v) is 3.28. The number of benzene rings is 1. The van der Waals surface area contributed by atoms with Crippen molar-refractivity contribution in [2.45, 2.75) is 13.3 Å². The lowest BCUT2D eigenvalue weighted by atomic mass is 10.1. The van der Waals surface area contributed by atoms with Gasteiger partial charge >= 0.3 is 0 Å². The van der Waals surface area contributed by atoms with E-state index in [9.17, 15) is 9.59 Å². The SMILES string of the molecule is Cc1nccn1-c1cc(NC(=O)C2CC(=O)N(c3ccc(Cl)cc3)C2)ncn1. The predicted octanol–water partition coefficient (Wildman–Crippen LogP) is 2.62. The van der Waals surface area contributed by atoms with Gasteiger partial charge in [-0.05, 0) is 31.2 Å². The summed E-state index contributed by atoms with van der Waals surface area (Å²) in [6.45, 7) is 2.17. The highest BCUT2D eigenvalue weighted by atomic mass is 35.5. The smallest absolute Gasteiger partial charge is 0.230 e. The highest BCUT2D eigenvalue weighted by Crippen LogP contribution is 2.27. The summed E-state index contributed by atoms with van der Waals surface area (Å²) in [4.78, 5) is 39.1. The Balaban J connectivity index is 1.47. The first-order valence-corrected chi connectivity index (χ1v) is 9.08. The Morgan fingerprint density at radius 3 is 2.71 bits per heavy atom. The molecule has 1 saturated heterocycles. The summed E-state index contributed by atoms with van der Waals surface area (Å²) >= 11 is 5.90. The summed E-state index contributed by atoms with van der Waals surface area (Å²) in [5.74, 6) is 0.940. The van der Waals surface area contributed by atoms with Crippen molar-refractivity contribution >= 4 is 34.9 Å². The maximum atomic E-state index is 12.7. The van der Waals surface area contributed by atoms with Gasteiger partial charge in [-0.25, -0.2) is 15.0 Å². The highest BCUT2D eigenvalue weighted by molar-refractivity contribution is 6.30. The maximum Gasteiger partial charge on any atom is 0.230 e. The molecule has 2 aromatic heterocycles. The topological polar surface area (TPSA) is 93.0 Å². The standard InChI is InChI=1S/C19H17ClN6O2/c1-12-21-6-7-25(12)17-9-16(22-11-23-17)24-19(28)13-8-18(27)26(10-13)15-4-2-14(20)3-5-15/h2-7,9,11,13H,8,10H2,1H3,(H,22,23,24,28). The van der Waals surface area contributed by atoms with Crippen molar-refractivity contribution in [1.29, 1.82) is 0 Å². The van der Waals surface area contributed by atoms with Crippen LogP contribution in [0.4, 0.5) is 11.5 Å². The molecule has 8 nitrogen and oxygen atoms in total. The summed E-state index contributed by atoms with van der Waals surface area (Å²) in [6.07, 6.45) is 4.98. The number of halogens is 1. The maximum absolute atomic E-state index is 12.7. The van der Waals surface area contributed by atoms with E-state index in [1.54, 1.807) is 52.2 Å². The number of nitrogens with zero attached hydrogens (tertiary/aromatic N) is 5. The van der Waals surface area contributed by atoms with Crippen LogP contribution >= 0.6 is 11.6 Å². The van der Waals surface area contributed by atoms with Gasteiger partial charge in [-0.3, -0.25) is 14.2 Å². The van der Waals surface area contributed by atoms with E-state index >= 15 is 0 Å². The quantitative estimate of drug-likeness (QED) is 0.731. The molecule has 0 bridgehead atoms. The number of rotatable bonds is 4. The molecule has 1 aliphatic rings. The first-order valence-electron chi connectivity index (χ1n) is 8.70. The number of hydrogen-bond donors (Lipinski definition) is 1. The Hall–Kier alpha value is -3.26. The molecular formula is C19H17ClN6O2. The third-order valence-electron chi connectivity index (χ3n) is 4.61. The Kier molecular flexibility index (Phi) is 4.79. The number of nitrogens with one attached hydrogen (secondary N) is 1. The zero-order valence-corrected chi connectivity index (χ0v) is 15.8. The van der Waals surface area contributed by atoms with E-state index < -0.39 is 5.92 Å². The van der Waals surface area contributed by atoms with E-state index in [-0.39, 0.29) is 18.2 Å². The van der Waals surface area contributed by atoms with Gasteiger partial charge < -0.3 is 10.2 Å². The van der Waals surface area contributed by atoms with Crippen LogP contribution in [0.1, 0.15) is 12.2 Å². The van der Waals surface area contributed by atoms with Gasteiger partial charge in [-0.2, -0.15) is 0 Å². The van der Waals surface area contributed by atoms with Crippen molar-refractivity contribution in [3.8, 4) is 5.82 Å². The second-order valence-electron chi connectivity index (χ2n) is 6.48. The van der Waals surface area contributed by atoms with E-state index in [1.165, 1.54) is 6.33 Å². The average Bonchev–Trinajstić information content (AvgIpc) is 3.28. The van der Waals surface area contributed by atoms with Gasteiger partial charge in [0.2, 0.25) is 11.8 Å². The van der Waals surface area contributed by atoms with Gasteiger partial charge in [0.25, 0.3) is 0 Å². The van der Waals surface area contributed by atoms with E-state index in [0.717, 1.165) is 11.5 Å². The van der Waals surface area contributed by atoms with Gasteiger partial charge in [0.05, 0.1) is 5.92 Å². The molecular weight excluding hydrogens is 380 g/mol. The zero-order chi connectivity index (χ0) is 19.7. The first-order chi connectivity index (χ1) is 13.5. The van der Waals surface area contributed by atoms with Crippen molar-refractivity contribution < 1.29 is 9.59 Å². The van der Waals surface area contributed by atoms with Crippen molar-refractivity contribution in [1.82, 2.24) is 19.5 Å². The number of aromatic nitrogens is 4. The third kappa shape index (κ3) is 3.59. The number of carbonyl (C=O) groups excluding carboxylic acids is 2. The van der Waals surface area contributed by atoms with E-state index in [0.29, 0.717) is 23.2 Å². The number of hydrogen-bond acceptors (Lipinski definition) is 5. The zero-order valence-electron chi connectivity index (χ0n) is 15.0. The molecule has 3 heterocycles. The molecule has 3 aromatic rings. The number of carbonyl (C=O) groups is 2. The second-order valence-corrected chi connectivity index (χ2v) is 6.91. The van der Waals surface area contributed by atoms with Crippen LogP contribution in [0.2, 0.25) is 5.02 Å². The van der Waals surface area contributed by atoms with Crippen molar-refractivity contribution in [2.24, 2.45) is 5.92 Å². The predicted molar refractivity (Wildman–Crippen MR) is 104 cm³/mol. The molecule has 0 aliphatic carbocycles. The van der Waals surface area contributed by atoms with Crippen LogP contribution in [-0.4, -0.2) is 37.9 Å². The molecule has 4 rings (SSSR count). The molecule has 0 spiro atoms. The van der Waals surface area contributed by atoms with Crippen LogP contribution in [-0.2, 0) is 9.59 Å². The monoisotopic (exact) mass is 396 g/mol. The van der Waals surface area contributed by atoms with Crippen LogP contribution in [0.25, 0.3) is 5.82 Å². The average molecular weight is 397 g/mol. The fraction of sp³-hybridized carbons (Fsp3) is 0.211. The normalized spacial score (nSPS) is 16.4. The fourth-order valence-electron chi connectivity index (χ4n) is 3.15. The summed E-state index contributed by atoms with van der Waals surface area (Å²) in [6, 6.07) is 8.64. The molecule has 28 heavy (non-hydrogen) atoms. The summed E-state index contributed by atoms with van der Waals surface area (Å²) in [5, 5.41) is 3.38. The molecule has 0 saturated carbocycles. The van der Waals surface area contributed by atoms with Gasteiger partial charge in [-0.1, -0.05) is 11.6 Å². The molecule has 1 N–H and O–H groups in total. The van der Waals surface area contributed by atoms with Crippen LogP contribution < -0.4 is 10.2 Å². The Morgan fingerprint density at radius 1 is 1.21 bits per heavy atom. The lowest BCUT2D eigenvalue weighted by molar-refractivity contribution is -0.122. The molecule has 0 radical (unpaired) electrons. The lowest BCUT2D eigenvalue weighted by Gasteiger charge is -2.16. The van der Waals surface area contributed by atoms with Crippen molar-refractivity contribution in [3.63, 3.8) is 0 Å².